The molecule has 0 aliphatic rings. The van der Waals surface area contributed by atoms with Crippen molar-refractivity contribution in [2.45, 2.75) is 6.61 Å². The maximum atomic E-state index is 11.3. The summed E-state index contributed by atoms with van der Waals surface area (Å²) >= 11 is 0. The Morgan fingerprint density at radius 3 is 2.52 bits per heavy atom. The van der Waals surface area contributed by atoms with Gasteiger partial charge in [-0.2, -0.15) is 0 Å². The third-order valence-electron chi connectivity index (χ3n) is 3.58. The number of ether oxygens (including phenoxy) is 1. The third kappa shape index (κ3) is 3.21. The summed E-state index contributed by atoms with van der Waals surface area (Å²) < 4.78 is 5.64. The third-order valence-corrected chi connectivity index (χ3v) is 3.58. The van der Waals surface area contributed by atoms with E-state index >= 15 is 0 Å². The fourth-order valence-corrected chi connectivity index (χ4v) is 2.40. The standard InChI is InChI=1S/C19H14O4/c20-11-13-6-8-18(17(10-13)19(21)22)23-12-14-5-7-15-3-1-2-4-16(15)9-14/h1-11H,12H2,(H,21,22). The molecular formula is C19H14O4. The molecule has 0 fully saturated rings. The minimum absolute atomic E-state index is 0.0182. The Balaban J connectivity index is 1.84. The zero-order valence-corrected chi connectivity index (χ0v) is 12.2. The quantitative estimate of drug-likeness (QED) is 0.725. The minimum Gasteiger partial charge on any atom is -0.488 e. The molecule has 0 radical (unpaired) electrons. The van der Waals surface area contributed by atoms with Crippen molar-refractivity contribution in [3.8, 4) is 5.75 Å². The van der Waals surface area contributed by atoms with E-state index in [4.69, 9.17) is 4.74 Å². The molecule has 0 heterocycles. The highest BCUT2D eigenvalue weighted by molar-refractivity contribution is 5.93. The van der Waals surface area contributed by atoms with Crippen molar-refractivity contribution >= 4 is 23.0 Å². The van der Waals surface area contributed by atoms with E-state index in [0.29, 0.717) is 11.8 Å². The molecule has 4 nitrogen and oxygen atoms in total. The molecule has 0 amide bonds. The van der Waals surface area contributed by atoms with Gasteiger partial charge >= 0.3 is 5.97 Å². The second kappa shape index (κ2) is 6.32. The molecule has 0 aliphatic heterocycles. The summed E-state index contributed by atoms with van der Waals surface area (Å²) in [5, 5.41) is 11.5. The van der Waals surface area contributed by atoms with Gasteiger partial charge in [-0.05, 0) is 40.6 Å². The Labute approximate surface area is 132 Å². The predicted molar refractivity (Wildman–Crippen MR) is 87.1 cm³/mol. The molecule has 4 heteroatoms. The topological polar surface area (TPSA) is 63.6 Å². The summed E-state index contributed by atoms with van der Waals surface area (Å²) in [4.78, 5) is 22.0. The molecule has 0 bridgehead atoms. The fourth-order valence-electron chi connectivity index (χ4n) is 2.40. The lowest BCUT2D eigenvalue weighted by Crippen LogP contribution is -2.04. The van der Waals surface area contributed by atoms with E-state index in [0.717, 1.165) is 16.3 Å². The molecule has 0 aromatic heterocycles. The summed E-state index contributed by atoms with van der Waals surface area (Å²) in [6, 6.07) is 18.3. The van der Waals surface area contributed by atoms with Crippen molar-refractivity contribution in [3.05, 3.63) is 77.4 Å². The van der Waals surface area contributed by atoms with Gasteiger partial charge in [0.15, 0.2) is 0 Å². The van der Waals surface area contributed by atoms with Crippen LogP contribution in [-0.2, 0) is 6.61 Å². The van der Waals surface area contributed by atoms with Gasteiger partial charge in [0.25, 0.3) is 0 Å². The van der Waals surface area contributed by atoms with Crippen LogP contribution in [0, 0.1) is 0 Å². The molecule has 0 saturated carbocycles. The van der Waals surface area contributed by atoms with Crippen LogP contribution in [0.5, 0.6) is 5.75 Å². The van der Waals surface area contributed by atoms with Crippen molar-refractivity contribution in [1.29, 1.82) is 0 Å². The summed E-state index contributed by atoms with van der Waals surface area (Å²) in [5.74, 6) is -0.876. The molecule has 0 saturated heterocycles. The molecule has 23 heavy (non-hydrogen) atoms. The number of rotatable bonds is 5. The smallest absolute Gasteiger partial charge is 0.339 e. The predicted octanol–water partition coefficient (Wildman–Crippen LogP) is 3.93. The number of carbonyl (C=O) groups excluding carboxylic acids is 1. The average Bonchev–Trinajstić information content (AvgIpc) is 2.59. The number of benzene rings is 3. The van der Waals surface area contributed by atoms with E-state index in [2.05, 4.69) is 0 Å². The lowest BCUT2D eigenvalue weighted by atomic mass is 10.1. The zero-order chi connectivity index (χ0) is 16.2. The van der Waals surface area contributed by atoms with Gasteiger partial charge in [0.1, 0.15) is 24.2 Å². The largest absolute Gasteiger partial charge is 0.488 e. The molecule has 3 aromatic carbocycles. The highest BCUT2D eigenvalue weighted by Crippen LogP contribution is 2.22. The minimum atomic E-state index is -1.12. The van der Waals surface area contributed by atoms with Crippen LogP contribution in [0.15, 0.2) is 60.7 Å². The van der Waals surface area contributed by atoms with Gasteiger partial charge in [0.05, 0.1) is 0 Å². The fraction of sp³-hybridized carbons (Fsp3) is 0.0526. The van der Waals surface area contributed by atoms with Crippen LogP contribution in [0.1, 0.15) is 26.3 Å². The molecule has 0 unspecified atom stereocenters. The van der Waals surface area contributed by atoms with E-state index < -0.39 is 5.97 Å². The number of aromatic carboxylic acids is 1. The number of carboxylic acid groups (broad SMARTS) is 1. The van der Waals surface area contributed by atoms with Gasteiger partial charge in [0, 0.05) is 5.56 Å². The van der Waals surface area contributed by atoms with Crippen LogP contribution in [-0.4, -0.2) is 17.4 Å². The van der Waals surface area contributed by atoms with E-state index in [1.807, 2.05) is 42.5 Å². The Kier molecular flexibility index (Phi) is 4.06. The number of hydrogen-bond acceptors (Lipinski definition) is 3. The highest BCUT2D eigenvalue weighted by Gasteiger charge is 2.12. The Morgan fingerprint density at radius 1 is 1.00 bits per heavy atom. The summed E-state index contributed by atoms with van der Waals surface area (Å²) in [7, 11) is 0. The van der Waals surface area contributed by atoms with Gasteiger partial charge in [-0.25, -0.2) is 4.79 Å². The Hall–Kier alpha value is -3.14. The maximum absolute atomic E-state index is 11.3. The van der Waals surface area contributed by atoms with Gasteiger partial charge < -0.3 is 9.84 Å². The molecule has 3 rings (SSSR count). The van der Waals surface area contributed by atoms with Gasteiger partial charge in [0.2, 0.25) is 0 Å². The molecule has 3 aromatic rings. The van der Waals surface area contributed by atoms with Crippen LogP contribution in [0.25, 0.3) is 10.8 Å². The normalized spacial score (nSPS) is 10.4. The van der Waals surface area contributed by atoms with Gasteiger partial charge in [-0.1, -0.05) is 36.4 Å². The number of aldehydes is 1. The Bertz CT molecular complexity index is 883. The van der Waals surface area contributed by atoms with Gasteiger partial charge in [-0.15, -0.1) is 0 Å². The van der Waals surface area contributed by atoms with E-state index in [1.165, 1.54) is 18.2 Å². The monoisotopic (exact) mass is 306 g/mol. The summed E-state index contributed by atoms with van der Waals surface area (Å²) in [6.07, 6.45) is 0.611. The summed E-state index contributed by atoms with van der Waals surface area (Å²) in [6.45, 7) is 0.256. The SMILES string of the molecule is O=Cc1ccc(OCc2ccc3ccccc3c2)c(C(=O)O)c1. The number of fused-ring (bicyclic) bond motifs is 1. The molecule has 114 valence electrons. The maximum Gasteiger partial charge on any atom is 0.339 e. The number of carboxylic acids is 1. The average molecular weight is 306 g/mol. The molecule has 1 N–H and O–H groups in total. The van der Waals surface area contributed by atoms with Gasteiger partial charge in [-0.3, -0.25) is 4.79 Å². The first kappa shape index (κ1) is 14.8. The van der Waals surface area contributed by atoms with Crippen LogP contribution in [0.4, 0.5) is 0 Å². The molecule has 0 aliphatic carbocycles. The lowest BCUT2D eigenvalue weighted by Gasteiger charge is -2.10. The Morgan fingerprint density at radius 2 is 1.78 bits per heavy atom. The van der Waals surface area contributed by atoms with Crippen molar-refractivity contribution < 1.29 is 19.4 Å². The van der Waals surface area contributed by atoms with Crippen molar-refractivity contribution in [2.24, 2.45) is 0 Å². The van der Waals surface area contributed by atoms with Crippen LogP contribution in [0.2, 0.25) is 0 Å². The van der Waals surface area contributed by atoms with Crippen molar-refractivity contribution in [1.82, 2.24) is 0 Å². The van der Waals surface area contributed by atoms with E-state index in [9.17, 15) is 14.7 Å². The van der Waals surface area contributed by atoms with E-state index in [1.54, 1.807) is 0 Å². The van der Waals surface area contributed by atoms with Crippen molar-refractivity contribution in [2.75, 3.05) is 0 Å². The molecule has 0 atom stereocenters. The van der Waals surface area contributed by atoms with Crippen LogP contribution in [0.3, 0.4) is 0 Å². The zero-order valence-electron chi connectivity index (χ0n) is 12.2. The molecular weight excluding hydrogens is 292 g/mol. The highest BCUT2D eigenvalue weighted by atomic mass is 16.5. The molecule has 0 spiro atoms. The summed E-state index contributed by atoms with van der Waals surface area (Å²) in [5.41, 5.74) is 1.23. The lowest BCUT2D eigenvalue weighted by molar-refractivity contribution is 0.0691. The second-order valence-electron chi connectivity index (χ2n) is 5.15. The first-order valence-corrected chi connectivity index (χ1v) is 7.10. The van der Waals surface area contributed by atoms with E-state index in [-0.39, 0.29) is 17.9 Å². The van der Waals surface area contributed by atoms with Crippen LogP contribution < -0.4 is 4.74 Å². The van der Waals surface area contributed by atoms with Crippen LogP contribution >= 0.6 is 0 Å². The second-order valence-corrected chi connectivity index (χ2v) is 5.15. The van der Waals surface area contributed by atoms with Crippen molar-refractivity contribution in [3.63, 3.8) is 0 Å². The first-order valence-electron chi connectivity index (χ1n) is 7.10. The number of carbonyl (C=O) groups is 2. The number of hydrogen-bond donors (Lipinski definition) is 1. The first-order chi connectivity index (χ1) is 11.2.